The Morgan fingerprint density at radius 3 is 2.53 bits per heavy atom. The summed E-state index contributed by atoms with van der Waals surface area (Å²) < 4.78 is 0. The number of benzene rings is 1. The van der Waals surface area contributed by atoms with Gasteiger partial charge >= 0.3 is 5.97 Å². The molecule has 1 aromatic rings. The number of hydrogen-bond donors (Lipinski definition) is 1. The van der Waals surface area contributed by atoms with Crippen LogP contribution in [0.4, 0.5) is 0 Å². The molecule has 0 fully saturated rings. The molecule has 17 heavy (non-hydrogen) atoms. The average molecular weight is 231 g/mol. The Kier molecular flexibility index (Phi) is 3.18. The quantitative estimate of drug-likeness (QED) is 0.869. The van der Waals surface area contributed by atoms with Crippen molar-refractivity contribution in [2.75, 3.05) is 6.54 Å². The van der Waals surface area contributed by atoms with Gasteiger partial charge in [-0.2, -0.15) is 0 Å². The third kappa shape index (κ3) is 2.18. The Balaban J connectivity index is 2.23. The summed E-state index contributed by atoms with van der Waals surface area (Å²) >= 11 is 0. The highest BCUT2D eigenvalue weighted by Gasteiger charge is 2.27. The van der Waals surface area contributed by atoms with Crippen LogP contribution in [0.15, 0.2) is 41.6 Å². The zero-order valence-electron chi connectivity index (χ0n) is 10.2. The third-order valence-electron chi connectivity index (χ3n) is 3.48. The normalized spacial score (nSPS) is 17.4. The van der Waals surface area contributed by atoms with Crippen LogP contribution >= 0.6 is 0 Å². The molecule has 1 aromatic carbocycles. The second-order valence-corrected chi connectivity index (χ2v) is 4.40. The molecule has 1 heterocycles. The first kappa shape index (κ1) is 11.7. The Labute approximate surface area is 101 Å². The summed E-state index contributed by atoms with van der Waals surface area (Å²) in [6.07, 6.45) is 0.637. The van der Waals surface area contributed by atoms with E-state index in [-0.39, 0.29) is 6.04 Å². The molecule has 2 rings (SSSR count). The van der Waals surface area contributed by atoms with Gasteiger partial charge in [0.05, 0.1) is 11.6 Å². The van der Waals surface area contributed by atoms with Gasteiger partial charge in [0, 0.05) is 12.2 Å². The lowest BCUT2D eigenvalue weighted by Crippen LogP contribution is -2.22. The van der Waals surface area contributed by atoms with Crippen molar-refractivity contribution >= 4 is 5.97 Å². The molecule has 0 spiro atoms. The zero-order chi connectivity index (χ0) is 12.4. The number of nitrogens with zero attached hydrogens (tertiary/aromatic N) is 1. The highest BCUT2D eigenvalue weighted by Crippen LogP contribution is 2.31. The van der Waals surface area contributed by atoms with Crippen molar-refractivity contribution in [3.8, 4) is 0 Å². The molecular formula is C14H17NO2. The highest BCUT2D eigenvalue weighted by molar-refractivity contribution is 5.87. The number of rotatable bonds is 3. The maximum atomic E-state index is 11.0. The summed E-state index contributed by atoms with van der Waals surface area (Å²) in [7, 11) is 0. The van der Waals surface area contributed by atoms with Gasteiger partial charge in [0.15, 0.2) is 0 Å². The first-order chi connectivity index (χ1) is 8.11. The van der Waals surface area contributed by atoms with Crippen molar-refractivity contribution in [1.29, 1.82) is 0 Å². The van der Waals surface area contributed by atoms with Crippen molar-refractivity contribution in [2.45, 2.75) is 26.3 Å². The smallest absolute Gasteiger partial charge is 0.333 e. The van der Waals surface area contributed by atoms with Crippen LogP contribution in [-0.2, 0) is 4.79 Å². The van der Waals surface area contributed by atoms with E-state index in [2.05, 4.69) is 24.0 Å². The molecule has 3 nitrogen and oxygen atoms in total. The third-order valence-corrected chi connectivity index (χ3v) is 3.48. The first-order valence-electron chi connectivity index (χ1n) is 5.86. The van der Waals surface area contributed by atoms with Crippen LogP contribution in [0.1, 0.15) is 31.9 Å². The maximum Gasteiger partial charge on any atom is 0.333 e. The van der Waals surface area contributed by atoms with Gasteiger partial charge in [-0.25, -0.2) is 4.79 Å². The van der Waals surface area contributed by atoms with Crippen molar-refractivity contribution in [3.05, 3.63) is 47.2 Å². The Morgan fingerprint density at radius 1 is 1.35 bits per heavy atom. The maximum absolute atomic E-state index is 11.0. The lowest BCUT2D eigenvalue weighted by atomic mass is 10.1. The van der Waals surface area contributed by atoms with Crippen LogP contribution in [-0.4, -0.2) is 22.5 Å². The van der Waals surface area contributed by atoms with Crippen molar-refractivity contribution < 1.29 is 9.90 Å². The van der Waals surface area contributed by atoms with Crippen LogP contribution in [0.5, 0.6) is 0 Å². The van der Waals surface area contributed by atoms with Gasteiger partial charge < -0.3 is 10.0 Å². The number of hydrogen-bond acceptors (Lipinski definition) is 2. The minimum absolute atomic E-state index is 0.230. The van der Waals surface area contributed by atoms with Crippen molar-refractivity contribution in [2.24, 2.45) is 0 Å². The first-order valence-corrected chi connectivity index (χ1v) is 5.86. The molecule has 90 valence electrons. The van der Waals surface area contributed by atoms with Crippen molar-refractivity contribution in [3.63, 3.8) is 0 Å². The lowest BCUT2D eigenvalue weighted by molar-refractivity contribution is -0.132. The van der Waals surface area contributed by atoms with Gasteiger partial charge in [-0.1, -0.05) is 30.3 Å². The molecule has 3 heteroatoms. The predicted molar refractivity (Wildman–Crippen MR) is 66.5 cm³/mol. The van der Waals surface area contributed by atoms with E-state index in [1.807, 2.05) is 25.1 Å². The van der Waals surface area contributed by atoms with Crippen LogP contribution < -0.4 is 0 Å². The monoisotopic (exact) mass is 231 g/mol. The van der Waals surface area contributed by atoms with Gasteiger partial charge in [-0.15, -0.1) is 0 Å². The molecule has 0 bridgehead atoms. The largest absolute Gasteiger partial charge is 0.478 e. The zero-order valence-corrected chi connectivity index (χ0v) is 10.2. The van der Waals surface area contributed by atoms with E-state index in [9.17, 15) is 4.79 Å². The van der Waals surface area contributed by atoms with Gasteiger partial charge in [-0.3, -0.25) is 0 Å². The fourth-order valence-electron chi connectivity index (χ4n) is 2.41. The molecule has 0 saturated heterocycles. The van der Waals surface area contributed by atoms with Gasteiger partial charge in [0.25, 0.3) is 0 Å². The number of carboxylic acid groups (broad SMARTS) is 1. The van der Waals surface area contributed by atoms with E-state index < -0.39 is 5.97 Å². The van der Waals surface area contributed by atoms with Crippen LogP contribution in [0.3, 0.4) is 0 Å². The summed E-state index contributed by atoms with van der Waals surface area (Å²) in [5, 5.41) is 9.07. The van der Waals surface area contributed by atoms with E-state index in [4.69, 9.17) is 5.11 Å². The Bertz CT molecular complexity index is 451. The summed E-state index contributed by atoms with van der Waals surface area (Å²) in [6, 6.07) is 10.4. The Hall–Kier alpha value is -1.77. The lowest BCUT2D eigenvalue weighted by Gasteiger charge is -2.28. The average Bonchev–Trinajstić information content (AvgIpc) is 2.71. The van der Waals surface area contributed by atoms with E-state index in [1.54, 1.807) is 0 Å². The number of carboxylic acids is 1. The summed E-state index contributed by atoms with van der Waals surface area (Å²) in [6.45, 7) is 4.81. The molecule has 0 saturated carbocycles. The summed E-state index contributed by atoms with van der Waals surface area (Å²) in [5.74, 6) is -0.787. The molecular weight excluding hydrogens is 214 g/mol. The van der Waals surface area contributed by atoms with E-state index in [0.29, 0.717) is 12.0 Å². The molecule has 1 unspecified atom stereocenters. The molecule has 0 aliphatic carbocycles. The van der Waals surface area contributed by atoms with Gasteiger partial charge in [-0.05, 0) is 25.8 Å². The van der Waals surface area contributed by atoms with Crippen LogP contribution in [0.2, 0.25) is 0 Å². The van der Waals surface area contributed by atoms with Crippen molar-refractivity contribution in [1.82, 2.24) is 4.90 Å². The van der Waals surface area contributed by atoms with Gasteiger partial charge in [0.2, 0.25) is 0 Å². The minimum atomic E-state index is -0.787. The molecule has 1 atom stereocenters. The van der Waals surface area contributed by atoms with E-state index in [1.165, 1.54) is 5.56 Å². The molecule has 1 aliphatic rings. The summed E-state index contributed by atoms with van der Waals surface area (Å²) in [5.41, 5.74) is 2.67. The molecule has 1 N–H and O–H groups in total. The molecule has 0 radical (unpaired) electrons. The fourth-order valence-corrected chi connectivity index (χ4v) is 2.41. The van der Waals surface area contributed by atoms with Gasteiger partial charge in [0.1, 0.15) is 0 Å². The topological polar surface area (TPSA) is 40.5 Å². The van der Waals surface area contributed by atoms with Crippen LogP contribution in [0, 0.1) is 0 Å². The fraction of sp³-hybridized carbons (Fsp3) is 0.357. The second kappa shape index (κ2) is 4.62. The Morgan fingerprint density at radius 2 is 2.00 bits per heavy atom. The number of aliphatic carboxylic acids is 1. The second-order valence-electron chi connectivity index (χ2n) is 4.40. The van der Waals surface area contributed by atoms with E-state index >= 15 is 0 Å². The molecule has 1 aliphatic heterocycles. The predicted octanol–water partition coefficient (Wildman–Crippen LogP) is 2.81. The summed E-state index contributed by atoms with van der Waals surface area (Å²) in [4.78, 5) is 13.2. The standard InChI is InChI=1S/C14H17NO2/c1-10(12-6-4-3-5-7-12)15-9-8-13(11(15)2)14(16)17/h3-7,10H,8-9H2,1-2H3,(H,16,17). The molecule has 0 aromatic heterocycles. The number of allylic oxidation sites excluding steroid dienone is 1. The minimum Gasteiger partial charge on any atom is -0.478 e. The van der Waals surface area contributed by atoms with Crippen LogP contribution in [0.25, 0.3) is 0 Å². The SMILES string of the molecule is CC1=C(C(=O)O)CCN1C(C)c1ccccc1. The number of carbonyl (C=O) groups is 1. The molecule has 0 amide bonds. The highest BCUT2D eigenvalue weighted by atomic mass is 16.4. The van der Waals surface area contributed by atoms with E-state index in [0.717, 1.165) is 12.2 Å².